The molecule has 2 aliphatic rings. The van der Waals surface area contributed by atoms with Crippen molar-refractivity contribution >= 4 is 80.2 Å². The lowest BCUT2D eigenvalue weighted by Crippen LogP contribution is -2.45. The maximum Gasteiger partial charge on any atom is 0.249 e. The predicted molar refractivity (Wildman–Crippen MR) is 256 cm³/mol. The van der Waals surface area contributed by atoms with Gasteiger partial charge in [-0.3, -0.25) is 0 Å². The molecule has 0 radical (unpaired) electrons. The Balaban J connectivity index is 1.00. The summed E-state index contributed by atoms with van der Waals surface area (Å²) in [6.45, 7) is 0.934. The summed E-state index contributed by atoms with van der Waals surface area (Å²) in [7, 11) is -3.14. The molecule has 8 heteroatoms. The van der Waals surface area contributed by atoms with E-state index < -0.39 is 13.3 Å². The summed E-state index contributed by atoms with van der Waals surface area (Å²) in [4.78, 5) is 22.1. The average Bonchev–Trinajstić information content (AvgIpc) is 4.12. The Morgan fingerprint density at radius 1 is 0.410 bits per heavy atom. The highest BCUT2D eigenvalue weighted by molar-refractivity contribution is 7.91. The average molecular weight is 848 g/mol. The first kappa shape index (κ1) is 37.8. The van der Waals surface area contributed by atoms with Crippen LogP contribution in [-0.2, 0) is 15.3 Å². The zero-order valence-electron chi connectivity index (χ0n) is 33.0. The number of hydrogen-bond donors (Lipinski definition) is 1. The Kier molecular flexibility index (Phi) is 9.74. The predicted octanol–water partition coefficient (Wildman–Crippen LogP) is 12.8. The SMILES string of the molecule is O[P+]1(c2ccccc2)c2cc(-c3ccc(N(c4ccccc4)c4ccccc4)cc3)sc2C2(OCCO2)c2sc(-c3ccc(N(c4ccccc4)c4ccccc4)cc3)cc21. The second kappa shape index (κ2) is 15.7. The van der Waals surface area contributed by atoms with Crippen molar-refractivity contribution in [2.75, 3.05) is 23.0 Å². The molecule has 11 rings (SSSR count). The zero-order valence-corrected chi connectivity index (χ0v) is 35.6. The van der Waals surface area contributed by atoms with Crippen molar-refractivity contribution in [2.24, 2.45) is 0 Å². The summed E-state index contributed by atoms with van der Waals surface area (Å²) < 4.78 is 13.5. The van der Waals surface area contributed by atoms with Gasteiger partial charge < -0.3 is 19.3 Å². The molecular weight excluding hydrogens is 808 g/mol. The second-order valence-corrected chi connectivity index (χ2v) is 19.9. The third kappa shape index (κ3) is 6.53. The van der Waals surface area contributed by atoms with Crippen molar-refractivity contribution in [1.29, 1.82) is 0 Å². The molecule has 0 unspecified atom stereocenters. The lowest BCUT2D eigenvalue weighted by Gasteiger charge is -2.34. The molecule has 2 aliphatic heterocycles. The number of anilines is 6. The first-order valence-corrected chi connectivity index (χ1v) is 23.7. The van der Waals surface area contributed by atoms with Crippen LogP contribution in [0.4, 0.5) is 34.1 Å². The monoisotopic (exact) mass is 847 g/mol. The van der Waals surface area contributed by atoms with Gasteiger partial charge in [0.2, 0.25) is 13.3 Å². The summed E-state index contributed by atoms with van der Waals surface area (Å²) in [5, 5.41) is 2.70. The van der Waals surface area contributed by atoms with Crippen molar-refractivity contribution in [3.8, 4) is 20.9 Å². The summed E-state index contributed by atoms with van der Waals surface area (Å²) >= 11 is 3.33. The quantitative estimate of drug-likeness (QED) is 0.147. The molecule has 1 saturated heterocycles. The van der Waals surface area contributed by atoms with Crippen LogP contribution in [0.3, 0.4) is 0 Å². The van der Waals surface area contributed by atoms with Crippen molar-refractivity contribution in [3.63, 3.8) is 0 Å². The summed E-state index contributed by atoms with van der Waals surface area (Å²) in [5.74, 6) is -1.10. The van der Waals surface area contributed by atoms with E-state index in [9.17, 15) is 4.89 Å². The smallest absolute Gasteiger partial charge is 0.249 e. The zero-order chi connectivity index (χ0) is 40.8. The molecule has 0 bridgehead atoms. The van der Waals surface area contributed by atoms with E-state index in [0.29, 0.717) is 13.2 Å². The van der Waals surface area contributed by atoms with Gasteiger partial charge in [0.25, 0.3) is 0 Å². The van der Waals surface area contributed by atoms with Gasteiger partial charge in [-0.05, 0) is 96.1 Å². The molecule has 1 spiro atoms. The summed E-state index contributed by atoms with van der Waals surface area (Å²) in [6, 6.07) is 73.8. The normalized spacial score (nSPS) is 14.6. The van der Waals surface area contributed by atoms with Crippen molar-refractivity contribution in [1.82, 2.24) is 0 Å². The maximum atomic E-state index is 13.5. The van der Waals surface area contributed by atoms with E-state index in [-0.39, 0.29) is 0 Å². The molecular formula is C53H40N2O3PS2+. The standard InChI is InChI=1S/C53H40N2O3PS2/c56-59(46-24-14-5-15-25-46)47-36-49(38-26-30-44(31-27-38)54(40-16-6-1-7-17-40)41-18-8-2-9-19-41)60-51(47)53(57-34-35-58-53)52-48(59)37-50(61-52)39-28-32-45(33-29-39)55(42-20-10-3-11-21-42)43-22-12-4-13-23-43/h1-33,36-37,56H,34-35H2/q+1. The Bertz CT molecular complexity index is 2670. The third-order valence-electron chi connectivity index (χ3n) is 11.4. The molecule has 0 atom stereocenters. The lowest BCUT2D eigenvalue weighted by atomic mass is 10.1. The van der Waals surface area contributed by atoms with E-state index >= 15 is 0 Å². The number of hydrogen-bond acceptors (Lipinski definition) is 7. The van der Waals surface area contributed by atoms with E-state index in [2.05, 4.69) is 180 Å². The fraction of sp³-hybridized carbons (Fsp3) is 0.0566. The van der Waals surface area contributed by atoms with Crippen LogP contribution >= 0.6 is 30.2 Å². The Hall–Kier alpha value is -6.15. The number of ether oxygens (including phenoxy) is 2. The largest absolute Gasteiger partial charge is 0.338 e. The lowest BCUT2D eigenvalue weighted by molar-refractivity contribution is -0.123. The van der Waals surface area contributed by atoms with Gasteiger partial charge in [-0.2, -0.15) is 0 Å². The number of rotatable bonds is 9. The highest BCUT2D eigenvalue weighted by atomic mass is 32.1. The molecule has 0 amide bonds. The van der Waals surface area contributed by atoms with E-state index in [1.54, 1.807) is 22.7 Å². The molecule has 2 aromatic heterocycles. The molecule has 1 fully saturated rings. The van der Waals surface area contributed by atoms with Crippen LogP contribution in [0, 0.1) is 0 Å². The number of para-hydroxylation sites is 4. The fourth-order valence-corrected chi connectivity index (χ4v) is 15.2. The maximum absolute atomic E-state index is 13.5. The molecule has 0 aliphatic carbocycles. The van der Waals surface area contributed by atoms with Crippen LogP contribution in [0.2, 0.25) is 0 Å². The van der Waals surface area contributed by atoms with Crippen molar-refractivity contribution < 1.29 is 14.4 Å². The minimum absolute atomic E-state index is 0.467. The van der Waals surface area contributed by atoms with Gasteiger partial charge in [0.05, 0.1) is 13.2 Å². The van der Waals surface area contributed by atoms with Crippen molar-refractivity contribution in [3.05, 3.63) is 222 Å². The Labute approximate surface area is 364 Å². The molecule has 5 nitrogen and oxygen atoms in total. The Morgan fingerprint density at radius 3 is 1.07 bits per heavy atom. The summed E-state index contributed by atoms with van der Waals surface area (Å²) in [5.41, 5.74) is 8.62. The van der Waals surface area contributed by atoms with E-state index in [1.807, 2.05) is 42.5 Å². The van der Waals surface area contributed by atoms with Gasteiger partial charge in [0, 0.05) is 56.0 Å². The van der Waals surface area contributed by atoms with E-state index in [1.165, 1.54) is 0 Å². The van der Waals surface area contributed by atoms with Gasteiger partial charge in [-0.1, -0.05) is 115 Å². The molecule has 4 heterocycles. The fourth-order valence-electron chi connectivity index (χ4n) is 8.58. The molecule has 61 heavy (non-hydrogen) atoms. The van der Waals surface area contributed by atoms with E-state index in [4.69, 9.17) is 9.47 Å². The van der Waals surface area contributed by atoms with Gasteiger partial charge in [0.1, 0.15) is 15.1 Å². The number of thiophene rings is 2. The van der Waals surface area contributed by atoms with Gasteiger partial charge in [0.15, 0.2) is 10.6 Å². The minimum Gasteiger partial charge on any atom is -0.338 e. The highest BCUT2D eigenvalue weighted by Gasteiger charge is 2.63. The van der Waals surface area contributed by atoms with Crippen LogP contribution in [0.25, 0.3) is 20.9 Å². The third-order valence-corrected chi connectivity index (χ3v) is 17.4. The molecule has 1 N–H and O–H groups in total. The Morgan fingerprint density at radius 2 is 0.721 bits per heavy atom. The number of nitrogens with zero attached hydrogens (tertiary/aromatic N) is 2. The number of fused-ring (bicyclic) bond motifs is 4. The second-order valence-electron chi connectivity index (χ2n) is 15.0. The molecule has 7 aromatic carbocycles. The molecule has 9 aromatic rings. The summed E-state index contributed by atoms with van der Waals surface area (Å²) in [6.07, 6.45) is 0. The van der Waals surface area contributed by atoms with Crippen LogP contribution in [0.5, 0.6) is 0 Å². The first-order chi connectivity index (χ1) is 30.1. The molecule has 296 valence electrons. The topological polar surface area (TPSA) is 45.2 Å². The van der Waals surface area contributed by atoms with Crippen LogP contribution in [-0.4, -0.2) is 18.1 Å². The van der Waals surface area contributed by atoms with Gasteiger partial charge in [-0.15, -0.1) is 22.7 Å². The van der Waals surface area contributed by atoms with Crippen molar-refractivity contribution in [2.45, 2.75) is 5.79 Å². The van der Waals surface area contributed by atoms with Crippen LogP contribution in [0.15, 0.2) is 212 Å². The number of benzene rings is 7. The minimum atomic E-state index is -3.14. The first-order valence-electron chi connectivity index (χ1n) is 20.4. The van der Waals surface area contributed by atoms with Crippen LogP contribution in [0.1, 0.15) is 9.75 Å². The molecule has 0 saturated carbocycles. The van der Waals surface area contributed by atoms with Gasteiger partial charge in [-0.25, -0.2) is 4.89 Å². The van der Waals surface area contributed by atoms with Crippen LogP contribution < -0.4 is 25.7 Å². The highest BCUT2D eigenvalue weighted by Crippen LogP contribution is 2.64. The van der Waals surface area contributed by atoms with Gasteiger partial charge >= 0.3 is 0 Å². The van der Waals surface area contributed by atoms with E-state index in [0.717, 1.165) is 80.7 Å².